The van der Waals surface area contributed by atoms with Crippen LogP contribution in [0.25, 0.3) is 16.2 Å². The van der Waals surface area contributed by atoms with Crippen LogP contribution < -0.4 is 5.32 Å². The Labute approximate surface area is 208 Å². The Balaban J connectivity index is 1.38. The average Bonchev–Trinajstić information content (AvgIpc) is 3.48. The molecule has 2 N–H and O–H groups in total. The van der Waals surface area contributed by atoms with Crippen molar-refractivity contribution >= 4 is 34.0 Å². The number of nitrogens with one attached hydrogen (secondary N) is 1. The number of nitrogens with zero attached hydrogens (tertiary/aromatic N) is 6. The molecule has 1 aliphatic heterocycles. The average molecular weight is 498 g/mol. The molecule has 0 unspecified atom stereocenters. The van der Waals surface area contributed by atoms with Crippen LogP contribution in [0.1, 0.15) is 56.4 Å². The number of hydrogen-bond acceptors (Lipinski definition) is 7. The van der Waals surface area contributed by atoms with Gasteiger partial charge in [-0.2, -0.15) is 5.10 Å². The van der Waals surface area contributed by atoms with Gasteiger partial charge in [0.2, 0.25) is 0 Å². The lowest BCUT2D eigenvalue weighted by Crippen LogP contribution is -2.48. The van der Waals surface area contributed by atoms with E-state index in [2.05, 4.69) is 22.3 Å². The zero-order valence-corrected chi connectivity index (χ0v) is 20.9. The lowest BCUT2D eigenvalue weighted by molar-refractivity contribution is 0.0610. The predicted molar refractivity (Wildman–Crippen MR) is 134 cm³/mol. The maximum absolute atomic E-state index is 13.5. The highest BCUT2D eigenvalue weighted by molar-refractivity contribution is 7.16. The Morgan fingerprint density at radius 1 is 1.26 bits per heavy atom. The molecule has 11 heteroatoms. The van der Waals surface area contributed by atoms with Crippen molar-refractivity contribution in [3.63, 3.8) is 0 Å². The second kappa shape index (κ2) is 9.80. The summed E-state index contributed by atoms with van der Waals surface area (Å²) < 4.78 is 1.78. The van der Waals surface area contributed by atoms with Crippen LogP contribution in [0.3, 0.4) is 0 Å². The van der Waals surface area contributed by atoms with Crippen molar-refractivity contribution in [2.45, 2.75) is 58.0 Å². The quantitative estimate of drug-likeness (QED) is 0.482. The Morgan fingerprint density at radius 3 is 2.71 bits per heavy atom. The summed E-state index contributed by atoms with van der Waals surface area (Å²) in [6.45, 7) is 5.64. The molecule has 10 nitrogen and oxygen atoms in total. The number of piperidine rings is 1. The highest BCUT2D eigenvalue weighted by Gasteiger charge is 2.31. The molecule has 2 aliphatic rings. The third kappa shape index (κ3) is 4.95. The number of carbonyl (C=O) groups is 2. The molecule has 35 heavy (non-hydrogen) atoms. The van der Waals surface area contributed by atoms with Gasteiger partial charge in [-0.25, -0.2) is 19.3 Å². The number of fused-ring (bicyclic) bond motifs is 1. The summed E-state index contributed by atoms with van der Waals surface area (Å²) in [5, 5.41) is 19.4. The standard InChI is InChI=1S/C24H31N7O3S/c1-3-8-30(24(33)34)17-6-9-29(10-7-17)22(32)19-13-20(26-15(2)16-4-5-16)28-21(27-19)18-14-25-31-11-12-35-23(18)31/h11-17H,3-10H2,1-2H3,(H,33,34)(H,26,27,28)/t15-/m1/s1. The Bertz CT molecular complexity index is 1210. The minimum atomic E-state index is -0.890. The summed E-state index contributed by atoms with van der Waals surface area (Å²) in [6.07, 6.45) is 7.17. The number of thiazole rings is 1. The number of anilines is 1. The zero-order valence-electron chi connectivity index (χ0n) is 20.1. The number of amides is 2. The molecular weight excluding hydrogens is 466 g/mol. The minimum Gasteiger partial charge on any atom is -0.465 e. The summed E-state index contributed by atoms with van der Waals surface area (Å²) in [4.78, 5) is 38.8. The highest BCUT2D eigenvalue weighted by Crippen LogP contribution is 2.34. The predicted octanol–water partition coefficient (Wildman–Crippen LogP) is 4.06. The van der Waals surface area contributed by atoms with Gasteiger partial charge in [-0.05, 0) is 44.9 Å². The molecule has 0 bridgehead atoms. The first kappa shape index (κ1) is 23.5. The fraction of sp³-hybridized carbons (Fsp3) is 0.542. The fourth-order valence-corrected chi connectivity index (χ4v) is 5.59. The number of carboxylic acid groups (broad SMARTS) is 1. The third-order valence-corrected chi connectivity index (χ3v) is 7.81. The van der Waals surface area contributed by atoms with Gasteiger partial charge in [-0.15, -0.1) is 11.3 Å². The van der Waals surface area contributed by atoms with E-state index in [-0.39, 0.29) is 18.0 Å². The van der Waals surface area contributed by atoms with Crippen LogP contribution in [0, 0.1) is 5.92 Å². The van der Waals surface area contributed by atoms with Crippen molar-refractivity contribution in [1.82, 2.24) is 29.4 Å². The first-order valence-corrected chi connectivity index (χ1v) is 13.2. The Hall–Kier alpha value is -3.21. The van der Waals surface area contributed by atoms with Gasteiger partial charge in [0.1, 0.15) is 16.3 Å². The van der Waals surface area contributed by atoms with E-state index in [9.17, 15) is 14.7 Å². The van der Waals surface area contributed by atoms with Crippen LogP contribution in [0.15, 0.2) is 23.8 Å². The number of hydrogen-bond donors (Lipinski definition) is 2. The number of rotatable bonds is 8. The van der Waals surface area contributed by atoms with Gasteiger partial charge in [-0.3, -0.25) is 4.79 Å². The van der Waals surface area contributed by atoms with Crippen LogP contribution in [0.5, 0.6) is 0 Å². The zero-order chi connectivity index (χ0) is 24.5. The van der Waals surface area contributed by atoms with Crippen molar-refractivity contribution in [1.29, 1.82) is 0 Å². The summed E-state index contributed by atoms with van der Waals surface area (Å²) in [6, 6.07) is 1.95. The molecule has 2 fully saturated rings. The number of carbonyl (C=O) groups excluding carboxylic acids is 1. The summed E-state index contributed by atoms with van der Waals surface area (Å²) in [7, 11) is 0. The van der Waals surface area contributed by atoms with Crippen molar-refractivity contribution in [2.24, 2.45) is 5.92 Å². The van der Waals surface area contributed by atoms with E-state index in [1.54, 1.807) is 33.0 Å². The Kier molecular flexibility index (Phi) is 6.59. The topological polar surface area (TPSA) is 116 Å². The van der Waals surface area contributed by atoms with E-state index in [0.29, 0.717) is 55.7 Å². The van der Waals surface area contributed by atoms with E-state index in [4.69, 9.17) is 4.98 Å². The van der Waals surface area contributed by atoms with Gasteiger partial charge < -0.3 is 20.2 Å². The van der Waals surface area contributed by atoms with E-state index in [0.717, 1.165) is 16.8 Å². The first-order chi connectivity index (χ1) is 16.9. The van der Waals surface area contributed by atoms with Crippen LogP contribution >= 0.6 is 11.3 Å². The van der Waals surface area contributed by atoms with E-state index in [1.807, 2.05) is 18.5 Å². The van der Waals surface area contributed by atoms with Crippen LogP contribution in [0.2, 0.25) is 0 Å². The van der Waals surface area contributed by atoms with E-state index >= 15 is 0 Å². The van der Waals surface area contributed by atoms with Crippen LogP contribution in [-0.4, -0.2) is 78.2 Å². The first-order valence-electron chi connectivity index (χ1n) is 12.3. The summed E-state index contributed by atoms with van der Waals surface area (Å²) in [5.41, 5.74) is 1.14. The molecule has 0 spiro atoms. The molecule has 5 rings (SSSR count). The highest BCUT2D eigenvalue weighted by atomic mass is 32.1. The van der Waals surface area contributed by atoms with Gasteiger partial charge in [-0.1, -0.05) is 6.92 Å². The molecule has 1 saturated carbocycles. The summed E-state index contributed by atoms with van der Waals surface area (Å²) >= 11 is 1.55. The maximum atomic E-state index is 13.5. The molecule has 0 radical (unpaired) electrons. The molecule has 0 aromatic carbocycles. The number of likely N-dealkylation sites (tertiary alicyclic amines) is 1. The van der Waals surface area contributed by atoms with E-state index < -0.39 is 6.09 Å². The lowest BCUT2D eigenvalue weighted by Gasteiger charge is -2.37. The molecule has 1 aliphatic carbocycles. The molecule has 1 saturated heterocycles. The molecule has 3 aromatic rings. The van der Waals surface area contributed by atoms with Gasteiger partial charge in [0.05, 0.1) is 11.8 Å². The second-order valence-electron chi connectivity index (χ2n) is 9.44. The van der Waals surface area contributed by atoms with Crippen molar-refractivity contribution in [3.05, 3.63) is 29.5 Å². The Morgan fingerprint density at radius 2 is 2.03 bits per heavy atom. The van der Waals surface area contributed by atoms with Gasteiger partial charge in [0, 0.05) is 49.4 Å². The van der Waals surface area contributed by atoms with Crippen LogP contribution in [0.4, 0.5) is 10.6 Å². The largest absolute Gasteiger partial charge is 0.465 e. The van der Waals surface area contributed by atoms with Crippen molar-refractivity contribution < 1.29 is 14.7 Å². The normalized spacial score (nSPS) is 17.5. The monoisotopic (exact) mass is 497 g/mol. The minimum absolute atomic E-state index is 0.0615. The SMILES string of the molecule is CCCN(C(=O)O)C1CCN(C(=O)c2cc(N[C@H](C)C3CC3)nc(-c3cnn4ccsc34)n2)CC1. The second-order valence-corrected chi connectivity index (χ2v) is 10.3. The molecule has 4 heterocycles. The molecule has 3 aromatic heterocycles. The van der Waals surface area contributed by atoms with Crippen LogP contribution in [-0.2, 0) is 0 Å². The van der Waals surface area contributed by atoms with Gasteiger partial charge >= 0.3 is 6.09 Å². The fourth-order valence-electron chi connectivity index (χ4n) is 4.80. The number of aromatic nitrogens is 4. The lowest BCUT2D eigenvalue weighted by atomic mass is 10.0. The third-order valence-electron chi connectivity index (χ3n) is 6.92. The molecule has 2 amide bonds. The van der Waals surface area contributed by atoms with Gasteiger partial charge in [0.25, 0.3) is 5.91 Å². The molecule has 1 atom stereocenters. The van der Waals surface area contributed by atoms with Crippen molar-refractivity contribution in [2.75, 3.05) is 25.0 Å². The van der Waals surface area contributed by atoms with Crippen molar-refractivity contribution in [3.8, 4) is 11.4 Å². The maximum Gasteiger partial charge on any atom is 0.407 e. The van der Waals surface area contributed by atoms with Gasteiger partial charge in [0.15, 0.2) is 5.82 Å². The smallest absolute Gasteiger partial charge is 0.407 e. The van der Waals surface area contributed by atoms with E-state index in [1.165, 1.54) is 17.7 Å². The molecule has 186 valence electrons. The molecular formula is C24H31N7O3S. The summed E-state index contributed by atoms with van der Waals surface area (Å²) in [5.74, 6) is 1.60.